The fraction of sp³-hybridized carbons (Fsp3) is 0.500. The molecule has 1 rings (SSSR count). The van der Waals surface area contributed by atoms with Crippen LogP contribution < -0.4 is 5.32 Å². The summed E-state index contributed by atoms with van der Waals surface area (Å²) >= 11 is 5.81. The first kappa shape index (κ1) is 12.5. The van der Waals surface area contributed by atoms with E-state index in [9.17, 15) is 0 Å². The molecular weight excluding hydrogens is 210 g/mol. The number of aliphatic hydroxyl groups excluding tert-OH is 1. The van der Waals surface area contributed by atoms with Crippen LogP contribution in [0.4, 0.5) is 0 Å². The SMILES string of the molecule is CC(O)CCNC(C)c1ccc(Cl)cc1. The monoisotopic (exact) mass is 227 g/mol. The van der Waals surface area contributed by atoms with E-state index in [4.69, 9.17) is 16.7 Å². The zero-order valence-electron chi connectivity index (χ0n) is 9.20. The lowest BCUT2D eigenvalue weighted by Gasteiger charge is -2.14. The average Bonchev–Trinajstić information content (AvgIpc) is 2.18. The molecule has 0 heterocycles. The van der Waals surface area contributed by atoms with E-state index in [-0.39, 0.29) is 6.10 Å². The molecule has 0 radical (unpaired) electrons. The minimum Gasteiger partial charge on any atom is -0.393 e. The van der Waals surface area contributed by atoms with E-state index in [0.29, 0.717) is 6.04 Å². The number of halogens is 1. The highest BCUT2D eigenvalue weighted by molar-refractivity contribution is 6.30. The minimum atomic E-state index is -0.241. The Kier molecular flexibility index (Phi) is 5.09. The summed E-state index contributed by atoms with van der Waals surface area (Å²) in [6, 6.07) is 8.11. The zero-order valence-corrected chi connectivity index (χ0v) is 9.96. The Morgan fingerprint density at radius 2 is 1.87 bits per heavy atom. The molecule has 0 aliphatic rings. The van der Waals surface area contributed by atoms with Gasteiger partial charge in [-0.25, -0.2) is 0 Å². The molecule has 0 bridgehead atoms. The number of nitrogens with one attached hydrogen (secondary N) is 1. The summed E-state index contributed by atoms with van der Waals surface area (Å²) in [6.07, 6.45) is 0.535. The molecule has 3 heteroatoms. The van der Waals surface area contributed by atoms with Crippen molar-refractivity contribution in [3.8, 4) is 0 Å². The third kappa shape index (κ3) is 4.65. The minimum absolute atomic E-state index is 0.241. The normalized spacial score (nSPS) is 14.9. The van der Waals surface area contributed by atoms with Crippen molar-refractivity contribution >= 4 is 11.6 Å². The van der Waals surface area contributed by atoms with Gasteiger partial charge in [0, 0.05) is 11.1 Å². The molecule has 0 saturated carbocycles. The molecule has 2 nitrogen and oxygen atoms in total. The number of hydrogen-bond acceptors (Lipinski definition) is 2. The fourth-order valence-electron chi connectivity index (χ4n) is 1.38. The van der Waals surface area contributed by atoms with Gasteiger partial charge in [0.25, 0.3) is 0 Å². The summed E-state index contributed by atoms with van der Waals surface area (Å²) in [6.45, 7) is 4.72. The molecule has 0 spiro atoms. The third-order valence-electron chi connectivity index (χ3n) is 2.38. The van der Waals surface area contributed by atoms with Crippen molar-refractivity contribution in [1.82, 2.24) is 5.32 Å². The van der Waals surface area contributed by atoms with Gasteiger partial charge in [-0.1, -0.05) is 23.7 Å². The van der Waals surface area contributed by atoms with Crippen molar-refractivity contribution in [1.29, 1.82) is 0 Å². The zero-order chi connectivity index (χ0) is 11.3. The topological polar surface area (TPSA) is 32.3 Å². The van der Waals surface area contributed by atoms with Crippen LogP contribution in [0, 0.1) is 0 Å². The van der Waals surface area contributed by atoms with Gasteiger partial charge in [0.15, 0.2) is 0 Å². The summed E-state index contributed by atoms with van der Waals surface area (Å²) in [7, 11) is 0. The molecule has 0 aliphatic carbocycles. The molecule has 2 unspecified atom stereocenters. The molecule has 2 atom stereocenters. The molecule has 0 aliphatic heterocycles. The van der Waals surface area contributed by atoms with Crippen LogP contribution >= 0.6 is 11.6 Å². The number of aliphatic hydroxyl groups is 1. The lowest BCUT2D eigenvalue weighted by molar-refractivity contribution is 0.182. The lowest BCUT2D eigenvalue weighted by atomic mass is 10.1. The Morgan fingerprint density at radius 1 is 1.27 bits per heavy atom. The Hall–Kier alpha value is -0.570. The Labute approximate surface area is 96.3 Å². The standard InChI is InChI=1S/C12H18ClNO/c1-9(15)7-8-14-10(2)11-3-5-12(13)6-4-11/h3-6,9-10,14-15H,7-8H2,1-2H3. The van der Waals surface area contributed by atoms with Crippen molar-refractivity contribution in [2.24, 2.45) is 0 Å². The van der Waals surface area contributed by atoms with E-state index in [1.54, 1.807) is 6.92 Å². The van der Waals surface area contributed by atoms with E-state index in [0.717, 1.165) is 18.0 Å². The summed E-state index contributed by atoms with van der Waals surface area (Å²) < 4.78 is 0. The molecule has 1 aromatic carbocycles. The Morgan fingerprint density at radius 3 is 2.40 bits per heavy atom. The average molecular weight is 228 g/mol. The largest absolute Gasteiger partial charge is 0.393 e. The van der Waals surface area contributed by atoms with Crippen molar-refractivity contribution in [3.63, 3.8) is 0 Å². The maximum absolute atomic E-state index is 9.11. The summed E-state index contributed by atoms with van der Waals surface area (Å²) in [5.41, 5.74) is 1.21. The molecule has 0 saturated heterocycles. The maximum Gasteiger partial charge on any atom is 0.0524 e. The summed E-state index contributed by atoms with van der Waals surface area (Å²) in [4.78, 5) is 0. The van der Waals surface area contributed by atoms with Gasteiger partial charge in [-0.15, -0.1) is 0 Å². The molecule has 0 aromatic heterocycles. The van der Waals surface area contributed by atoms with Gasteiger partial charge in [0.2, 0.25) is 0 Å². The smallest absolute Gasteiger partial charge is 0.0524 e. The van der Waals surface area contributed by atoms with E-state index in [2.05, 4.69) is 12.2 Å². The first-order valence-electron chi connectivity index (χ1n) is 5.26. The first-order chi connectivity index (χ1) is 7.09. The highest BCUT2D eigenvalue weighted by Crippen LogP contribution is 2.15. The van der Waals surface area contributed by atoms with Crippen molar-refractivity contribution in [3.05, 3.63) is 34.9 Å². The fourth-order valence-corrected chi connectivity index (χ4v) is 1.50. The van der Waals surface area contributed by atoms with Gasteiger partial charge in [0.05, 0.1) is 6.10 Å². The maximum atomic E-state index is 9.11. The Balaban J connectivity index is 2.40. The molecular formula is C12H18ClNO. The van der Waals surface area contributed by atoms with Crippen LogP contribution in [0.25, 0.3) is 0 Å². The van der Waals surface area contributed by atoms with Crippen LogP contribution in [0.2, 0.25) is 5.02 Å². The van der Waals surface area contributed by atoms with Crippen molar-refractivity contribution in [2.75, 3.05) is 6.54 Å². The third-order valence-corrected chi connectivity index (χ3v) is 2.63. The Bertz CT molecular complexity index is 284. The lowest BCUT2D eigenvalue weighted by Crippen LogP contribution is -2.22. The van der Waals surface area contributed by atoms with Gasteiger partial charge in [-0.05, 0) is 44.5 Å². The number of rotatable bonds is 5. The quantitative estimate of drug-likeness (QED) is 0.811. The second kappa shape index (κ2) is 6.11. The number of benzene rings is 1. The van der Waals surface area contributed by atoms with Crippen molar-refractivity contribution in [2.45, 2.75) is 32.4 Å². The second-order valence-corrected chi connectivity index (χ2v) is 4.30. The molecule has 2 N–H and O–H groups in total. The molecule has 0 fully saturated rings. The molecule has 1 aromatic rings. The second-order valence-electron chi connectivity index (χ2n) is 3.87. The van der Waals surface area contributed by atoms with Crippen LogP contribution in [-0.4, -0.2) is 17.8 Å². The number of hydrogen-bond donors (Lipinski definition) is 2. The van der Waals surface area contributed by atoms with Crippen molar-refractivity contribution < 1.29 is 5.11 Å². The van der Waals surface area contributed by atoms with Crippen LogP contribution in [-0.2, 0) is 0 Å². The van der Waals surface area contributed by atoms with Gasteiger partial charge in [-0.2, -0.15) is 0 Å². The molecule has 15 heavy (non-hydrogen) atoms. The van der Waals surface area contributed by atoms with E-state index in [1.807, 2.05) is 24.3 Å². The van der Waals surface area contributed by atoms with Crippen LogP contribution in [0.5, 0.6) is 0 Å². The highest BCUT2D eigenvalue weighted by atomic mass is 35.5. The van der Waals surface area contributed by atoms with Gasteiger partial charge >= 0.3 is 0 Å². The van der Waals surface area contributed by atoms with E-state index >= 15 is 0 Å². The van der Waals surface area contributed by atoms with Crippen LogP contribution in [0.3, 0.4) is 0 Å². The predicted molar refractivity (Wildman–Crippen MR) is 64.2 cm³/mol. The van der Waals surface area contributed by atoms with Crippen LogP contribution in [0.15, 0.2) is 24.3 Å². The van der Waals surface area contributed by atoms with E-state index in [1.165, 1.54) is 5.56 Å². The summed E-state index contributed by atoms with van der Waals surface area (Å²) in [5, 5.41) is 13.2. The van der Waals surface area contributed by atoms with E-state index < -0.39 is 0 Å². The molecule has 84 valence electrons. The highest BCUT2D eigenvalue weighted by Gasteiger charge is 2.04. The van der Waals surface area contributed by atoms with Gasteiger partial charge in [0.1, 0.15) is 0 Å². The first-order valence-corrected chi connectivity index (χ1v) is 5.64. The van der Waals surface area contributed by atoms with Gasteiger partial charge < -0.3 is 10.4 Å². The predicted octanol–water partition coefficient (Wildman–Crippen LogP) is 2.76. The summed E-state index contributed by atoms with van der Waals surface area (Å²) in [5.74, 6) is 0. The van der Waals surface area contributed by atoms with Gasteiger partial charge in [-0.3, -0.25) is 0 Å². The molecule has 0 amide bonds. The van der Waals surface area contributed by atoms with Crippen LogP contribution in [0.1, 0.15) is 31.9 Å².